The van der Waals surface area contributed by atoms with Crippen LogP contribution in [-0.4, -0.2) is 0 Å². The molecule has 0 aromatic carbocycles. The van der Waals surface area contributed by atoms with Crippen LogP contribution in [-0.2, 0) is 12.9 Å². The van der Waals surface area contributed by atoms with Crippen molar-refractivity contribution in [1.82, 2.24) is 0 Å². The van der Waals surface area contributed by atoms with Crippen LogP contribution in [0.1, 0.15) is 20.3 Å². The summed E-state index contributed by atoms with van der Waals surface area (Å²) >= 11 is -2.03. The summed E-state index contributed by atoms with van der Waals surface area (Å²) in [4.78, 5) is 0. The summed E-state index contributed by atoms with van der Waals surface area (Å²) in [6.45, 7) is 4.61. The van der Waals surface area contributed by atoms with Crippen LogP contribution < -0.4 is 0 Å². The Balaban J connectivity index is 3.14. The van der Waals surface area contributed by atoms with Gasteiger partial charge < -0.3 is 0 Å². The topological polar surface area (TPSA) is 0 Å². The van der Waals surface area contributed by atoms with Crippen LogP contribution in [0.3, 0.4) is 0 Å². The average Bonchev–Trinajstić information content (AvgIpc) is 2.28. The Morgan fingerprint density at radius 2 is 1.69 bits per heavy atom. The predicted octanol–water partition coefficient (Wildman–Crippen LogP) is 4.74. The summed E-state index contributed by atoms with van der Waals surface area (Å²) in [5.41, 5.74) is 11.6. The third kappa shape index (κ3) is 2.51. The summed E-state index contributed by atoms with van der Waals surface area (Å²) in [6, 6.07) is 0. The molecule has 0 aromatic heterocycles. The summed E-state index contributed by atoms with van der Waals surface area (Å²) in [7, 11) is 0. The molecule has 0 N–H and O–H groups in total. The van der Waals surface area contributed by atoms with E-state index in [-0.39, 0.29) is 0 Å². The quantitative estimate of drug-likeness (QED) is 0.628. The molecule has 0 aromatic rings. The third-order valence-electron chi connectivity index (χ3n) is 2.64. The molecule has 0 amide bonds. The van der Waals surface area contributed by atoms with Gasteiger partial charge in [-0.25, -0.2) is 0 Å². The van der Waals surface area contributed by atoms with E-state index in [0.717, 1.165) is 0 Å². The maximum absolute atomic E-state index is 2.50. The van der Waals surface area contributed by atoms with Gasteiger partial charge >= 0.3 is 83.6 Å². The molecule has 0 radical (unpaired) electrons. The van der Waals surface area contributed by atoms with E-state index < -0.39 is 12.9 Å². The molecule has 0 unspecified atom stereocenters. The van der Waals surface area contributed by atoms with Gasteiger partial charge in [0, 0.05) is 0 Å². The zero-order valence-corrected chi connectivity index (χ0v) is 11.3. The van der Waals surface area contributed by atoms with Crippen LogP contribution in [0.4, 0.5) is 0 Å². The predicted molar refractivity (Wildman–Crippen MR) is 59.1 cm³/mol. The minimum absolute atomic E-state index is 0.702. The van der Waals surface area contributed by atoms with E-state index in [0.29, 0.717) is 5.92 Å². The summed E-state index contributed by atoms with van der Waals surface area (Å²) < 4.78 is 1.79. The fourth-order valence-corrected chi connectivity index (χ4v) is 5.36. The second-order valence-electron chi connectivity index (χ2n) is 6.24. The van der Waals surface area contributed by atoms with E-state index >= 15 is 0 Å². The van der Waals surface area contributed by atoms with Crippen LogP contribution in [0.25, 0.3) is 0 Å². The molecule has 1 aliphatic rings. The molecule has 13 heavy (non-hydrogen) atoms. The molecule has 0 heterocycles. The SMILES string of the molecule is CC(C)C1=[C]([V]([CH3])([CH3])([CH3])[CH3])CC=C1. The van der Waals surface area contributed by atoms with E-state index in [1.54, 1.807) is 9.86 Å². The first-order valence-electron chi connectivity index (χ1n) is 5.09. The second-order valence-corrected chi connectivity index (χ2v) is 18.3. The Bertz CT molecular complexity index is 262. The van der Waals surface area contributed by atoms with Crippen molar-refractivity contribution in [2.75, 3.05) is 0 Å². The van der Waals surface area contributed by atoms with Crippen molar-refractivity contribution < 1.29 is 12.9 Å². The van der Waals surface area contributed by atoms with Crippen molar-refractivity contribution in [3.63, 3.8) is 0 Å². The molecular formula is C12H23V. The third-order valence-corrected chi connectivity index (χ3v) is 6.70. The van der Waals surface area contributed by atoms with Crippen LogP contribution in [0.5, 0.6) is 0 Å². The molecule has 0 fully saturated rings. The van der Waals surface area contributed by atoms with Gasteiger partial charge in [0.2, 0.25) is 0 Å². The minimum atomic E-state index is -2.03. The first kappa shape index (κ1) is 11.1. The number of hydrogen-bond donors (Lipinski definition) is 0. The van der Waals surface area contributed by atoms with Crippen LogP contribution in [0.15, 0.2) is 22.0 Å². The zero-order valence-electron chi connectivity index (χ0n) is 9.89. The van der Waals surface area contributed by atoms with E-state index in [1.165, 1.54) is 6.42 Å². The molecule has 1 rings (SSSR count). The summed E-state index contributed by atoms with van der Waals surface area (Å²) in [5.74, 6) is 0.702. The van der Waals surface area contributed by atoms with Crippen molar-refractivity contribution in [3.05, 3.63) is 22.0 Å². The summed E-state index contributed by atoms with van der Waals surface area (Å²) in [5, 5.41) is 0. The van der Waals surface area contributed by atoms with Crippen molar-refractivity contribution in [3.8, 4) is 0 Å². The van der Waals surface area contributed by atoms with Gasteiger partial charge in [0.1, 0.15) is 0 Å². The normalized spacial score (nSPS) is 21.0. The van der Waals surface area contributed by atoms with Gasteiger partial charge in [-0.3, -0.25) is 0 Å². The summed E-state index contributed by atoms with van der Waals surface area (Å²) in [6.07, 6.45) is 5.91. The first-order chi connectivity index (χ1) is 5.68. The fourth-order valence-electron chi connectivity index (χ4n) is 1.92. The Kier molecular flexibility index (Phi) is 2.60. The van der Waals surface area contributed by atoms with E-state index in [1.807, 2.05) is 0 Å². The van der Waals surface area contributed by atoms with Gasteiger partial charge in [0.05, 0.1) is 0 Å². The number of rotatable bonds is 2. The van der Waals surface area contributed by atoms with Gasteiger partial charge in [-0.15, -0.1) is 0 Å². The zero-order chi connectivity index (χ0) is 10.3. The number of hydrogen-bond acceptors (Lipinski definition) is 0. The Morgan fingerprint density at radius 1 is 1.15 bits per heavy atom. The fraction of sp³-hybridized carbons (Fsp3) is 0.667. The van der Waals surface area contributed by atoms with Gasteiger partial charge in [-0.2, -0.15) is 0 Å². The van der Waals surface area contributed by atoms with Gasteiger partial charge in [-0.05, 0) is 0 Å². The van der Waals surface area contributed by atoms with Crippen LogP contribution in [0.2, 0.25) is 22.5 Å². The Morgan fingerprint density at radius 3 is 2.00 bits per heavy atom. The first-order valence-corrected chi connectivity index (χ1v) is 11.4. The molecule has 76 valence electrons. The molecule has 0 bridgehead atoms. The number of allylic oxidation sites excluding steroid dienone is 4. The molecule has 0 aliphatic heterocycles. The van der Waals surface area contributed by atoms with Crippen LogP contribution >= 0.6 is 0 Å². The van der Waals surface area contributed by atoms with Crippen LogP contribution in [0, 0.1) is 5.92 Å². The van der Waals surface area contributed by atoms with Gasteiger partial charge in [0.15, 0.2) is 0 Å². The van der Waals surface area contributed by atoms with E-state index in [9.17, 15) is 0 Å². The van der Waals surface area contributed by atoms with Crippen molar-refractivity contribution in [1.29, 1.82) is 0 Å². The van der Waals surface area contributed by atoms with Crippen molar-refractivity contribution >= 4 is 0 Å². The molecule has 1 heteroatoms. The van der Waals surface area contributed by atoms with E-state index in [2.05, 4.69) is 48.5 Å². The monoisotopic (exact) mass is 218 g/mol. The molecule has 0 atom stereocenters. The second kappa shape index (κ2) is 3.03. The molecule has 0 saturated carbocycles. The average molecular weight is 218 g/mol. The van der Waals surface area contributed by atoms with Crippen molar-refractivity contribution in [2.45, 2.75) is 42.8 Å². The molecule has 0 saturated heterocycles. The standard InChI is InChI=1S/C8H11.4CH3.V/c1-7(2)8-5-3-4-6-8;;;;;/h3,5,7H,4H2,1-2H3;4*1H3;. The van der Waals surface area contributed by atoms with Crippen molar-refractivity contribution in [2.24, 2.45) is 5.92 Å². The molecule has 1 aliphatic carbocycles. The van der Waals surface area contributed by atoms with Gasteiger partial charge in [-0.1, -0.05) is 0 Å². The molecular weight excluding hydrogens is 195 g/mol. The van der Waals surface area contributed by atoms with E-state index in [4.69, 9.17) is 0 Å². The molecule has 0 spiro atoms. The maximum atomic E-state index is 2.50. The Hall–Kier alpha value is 0.0644. The molecule has 0 nitrogen and oxygen atoms in total. The van der Waals surface area contributed by atoms with Gasteiger partial charge in [0.25, 0.3) is 0 Å². The Labute approximate surface area is 83.8 Å².